The molecule has 108 valence electrons. The lowest BCUT2D eigenvalue weighted by molar-refractivity contribution is 0.181. The van der Waals surface area contributed by atoms with Crippen LogP contribution < -0.4 is 5.32 Å². The summed E-state index contributed by atoms with van der Waals surface area (Å²) < 4.78 is 0. The molecule has 0 saturated carbocycles. The summed E-state index contributed by atoms with van der Waals surface area (Å²) in [5, 5.41) is 13.4. The van der Waals surface area contributed by atoms with Crippen LogP contribution >= 0.6 is 11.8 Å². The summed E-state index contributed by atoms with van der Waals surface area (Å²) in [7, 11) is 0. The molecule has 0 heterocycles. The molecule has 2 nitrogen and oxygen atoms in total. The van der Waals surface area contributed by atoms with Crippen molar-refractivity contribution < 1.29 is 5.11 Å². The van der Waals surface area contributed by atoms with E-state index in [-0.39, 0.29) is 12.1 Å². The fraction of sp³-hybridized carbons (Fsp3) is 0.625. The van der Waals surface area contributed by atoms with Gasteiger partial charge in [0.1, 0.15) is 0 Å². The van der Waals surface area contributed by atoms with E-state index in [1.807, 2.05) is 30.0 Å². The molecule has 0 spiro atoms. The van der Waals surface area contributed by atoms with Crippen molar-refractivity contribution in [1.82, 2.24) is 5.32 Å². The minimum atomic E-state index is -0.311. The average molecular weight is 281 g/mol. The van der Waals surface area contributed by atoms with Gasteiger partial charge in [0.15, 0.2) is 0 Å². The van der Waals surface area contributed by atoms with Gasteiger partial charge in [-0.25, -0.2) is 0 Å². The van der Waals surface area contributed by atoms with Gasteiger partial charge in [-0.3, -0.25) is 0 Å². The average Bonchev–Trinajstić information content (AvgIpc) is 2.47. The highest BCUT2D eigenvalue weighted by molar-refractivity contribution is 7.99. The topological polar surface area (TPSA) is 32.3 Å². The summed E-state index contributed by atoms with van der Waals surface area (Å²) in [5.74, 6) is 2.79. The summed E-state index contributed by atoms with van der Waals surface area (Å²) in [4.78, 5) is 0. The first-order valence-corrected chi connectivity index (χ1v) is 8.33. The predicted octanol–water partition coefficient (Wildman–Crippen LogP) is 3.26. The zero-order chi connectivity index (χ0) is 14.1. The Morgan fingerprint density at radius 3 is 2.47 bits per heavy atom. The van der Waals surface area contributed by atoms with Crippen LogP contribution in [0.1, 0.15) is 32.8 Å². The molecule has 0 aromatic heterocycles. The largest absolute Gasteiger partial charge is 0.394 e. The van der Waals surface area contributed by atoms with Gasteiger partial charge in [-0.05, 0) is 23.8 Å². The number of aliphatic hydroxyl groups excluding tert-OH is 1. The molecule has 0 saturated heterocycles. The van der Waals surface area contributed by atoms with Crippen molar-refractivity contribution in [3.8, 4) is 0 Å². The molecular weight excluding hydrogens is 254 g/mol. The third-order valence-electron chi connectivity index (χ3n) is 3.56. The third kappa shape index (κ3) is 4.83. The van der Waals surface area contributed by atoms with Gasteiger partial charge in [-0.2, -0.15) is 11.8 Å². The lowest BCUT2D eigenvalue weighted by Crippen LogP contribution is -2.48. The van der Waals surface area contributed by atoms with Crippen LogP contribution in [-0.4, -0.2) is 29.8 Å². The van der Waals surface area contributed by atoms with Crippen LogP contribution in [0.15, 0.2) is 30.3 Å². The van der Waals surface area contributed by atoms with E-state index in [2.05, 4.69) is 38.2 Å². The first-order valence-electron chi connectivity index (χ1n) is 7.17. The zero-order valence-corrected chi connectivity index (χ0v) is 13.2. The van der Waals surface area contributed by atoms with Crippen molar-refractivity contribution in [2.75, 3.05) is 24.7 Å². The Morgan fingerprint density at radius 1 is 1.26 bits per heavy atom. The number of aliphatic hydroxyl groups is 1. The Hall–Kier alpha value is -0.510. The van der Waals surface area contributed by atoms with E-state index >= 15 is 0 Å². The van der Waals surface area contributed by atoms with Crippen LogP contribution in [0.5, 0.6) is 0 Å². The van der Waals surface area contributed by atoms with Crippen LogP contribution in [0, 0.1) is 5.92 Å². The van der Waals surface area contributed by atoms with Gasteiger partial charge in [-0.15, -0.1) is 0 Å². The molecule has 3 heteroatoms. The monoisotopic (exact) mass is 281 g/mol. The molecule has 2 unspecified atom stereocenters. The van der Waals surface area contributed by atoms with E-state index in [0.29, 0.717) is 0 Å². The Balaban J connectivity index is 2.75. The molecule has 0 aliphatic heterocycles. The van der Waals surface area contributed by atoms with Gasteiger partial charge >= 0.3 is 0 Å². The van der Waals surface area contributed by atoms with Crippen LogP contribution in [0.2, 0.25) is 0 Å². The number of benzene rings is 1. The van der Waals surface area contributed by atoms with Crippen LogP contribution in [0.4, 0.5) is 0 Å². The Kier molecular flexibility index (Phi) is 7.51. The fourth-order valence-corrected chi connectivity index (χ4v) is 3.54. The maximum Gasteiger partial charge on any atom is 0.0760 e. The molecule has 1 aromatic rings. The number of hydrogen-bond donors (Lipinski definition) is 2. The highest BCUT2D eigenvalue weighted by Gasteiger charge is 2.30. The lowest BCUT2D eigenvalue weighted by atomic mass is 9.92. The summed E-state index contributed by atoms with van der Waals surface area (Å²) >= 11 is 1.93. The molecule has 0 aliphatic carbocycles. The van der Waals surface area contributed by atoms with E-state index in [9.17, 15) is 5.11 Å². The van der Waals surface area contributed by atoms with Crippen molar-refractivity contribution in [3.05, 3.63) is 35.9 Å². The first-order chi connectivity index (χ1) is 9.18. The molecule has 0 amide bonds. The molecule has 0 aliphatic rings. The molecule has 1 rings (SSSR count). The van der Waals surface area contributed by atoms with Gasteiger partial charge in [0.2, 0.25) is 0 Å². The standard InChI is InChI=1S/C16H27NOS/c1-4-14(3)11-19-13-16(12-18,17-5-2)15-9-7-6-8-10-15/h6-10,14,17-18H,4-5,11-13H2,1-3H3. The third-order valence-corrected chi connectivity index (χ3v) is 5.06. The van der Waals surface area contributed by atoms with Gasteiger partial charge in [0, 0.05) is 5.75 Å². The molecular formula is C16H27NOS. The summed E-state index contributed by atoms with van der Waals surface area (Å²) in [6.45, 7) is 7.60. The quantitative estimate of drug-likeness (QED) is 0.728. The number of hydrogen-bond acceptors (Lipinski definition) is 3. The number of thioether (sulfide) groups is 1. The second kappa shape index (κ2) is 8.62. The highest BCUT2D eigenvalue weighted by atomic mass is 32.2. The normalized spacial score (nSPS) is 16.0. The minimum Gasteiger partial charge on any atom is -0.394 e. The molecule has 19 heavy (non-hydrogen) atoms. The summed E-state index contributed by atoms with van der Waals surface area (Å²) in [6.07, 6.45) is 1.21. The number of rotatable bonds is 9. The van der Waals surface area contributed by atoms with E-state index in [1.165, 1.54) is 12.0 Å². The van der Waals surface area contributed by atoms with Crippen molar-refractivity contribution in [1.29, 1.82) is 0 Å². The van der Waals surface area contributed by atoms with Crippen molar-refractivity contribution in [3.63, 3.8) is 0 Å². The highest BCUT2D eigenvalue weighted by Crippen LogP contribution is 2.26. The molecule has 2 atom stereocenters. The Labute approximate surface area is 122 Å². The Bertz CT molecular complexity index is 344. The van der Waals surface area contributed by atoms with Crippen molar-refractivity contribution in [2.45, 2.75) is 32.7 Å². The van der Waals surface area contributed by atoms with Crippen LogP contribution in [0.3, 0.4) is 0 Å². The Morgan fingerprint density at radius 2 is 1.95 bits per heavy atom. The van der Waals surface area contributed by atoms with Crippen LogP contribution in [0.25, 0.3) is 0 Å². The maximum atomic E-state index is 9.91. The van der Waals surface area contributed by atoms with E-state index in [4.69, 9.17) is 0 Å². The first kappa shape index (κ1) is 16.5. The lowest BCUT2D eigenvalue weighted by Gasteiger charge is -2.33. The summed E-state index contributed by atoms with van der Waals surface area (Å²) in [6, 6.07) is 10.3. The smallest absolute Gasteiger partial charge is 0.0760 e. The van der Waals surface area contributed by atoms with E-state index in [1.54, 1.807) is 0 Å². The number of nitrogens with one attached hydrogen (secondary N) is 1. The summed E-state index contributed by atoms with van der Waals surface area (Å²) in [5.41, 5.74) is 0.865. The van der Waals surface area contributed by atoms with Crippen LogP contribution in [-0.2, 0) is 5.54 Å². The van der Waals surface area contributed by atoms with Gasteiger partial charge < -0.3 is 10.4 Å². The second-order valence-electron chi connectivity index (χ2n) is 5.17. The zero-order valence-electron chi connectivity index (χ0n) is 12.4. The van der Waals surface area contributed by atoms with Crippen molar-refractivity contribution >= 4 is 11.8 Å². The molecule has 0 radical (unpaired) electrons. The second-order valence-corrected chi connectivity index (χ2v) is 6.20. The fourth-order valence-electron chi connectivity index (χ4n) is 2.08. The van der Waals surface area contributed by atoms with Gasteiger partial charge in [-0.1, -0.05) is 57.5 Å². The maximum absolute atomic E-state index is 9.91. The number of likely N-dealkylation sites (N-methyl/N-ethyl adjacent to an activating group) is 1. The molecule has 2 N–H and O–H groups in total. The van der Waals surface area contributed by atoms with Gasteiger partial charge in [0.05, 0.1) is 12.1 Å². The molecule has 0 fully saturated rings. The SMILES string of the molecule is CCNC(CO)(CSCC(C)CC)c1ccccc1. The van der Waals surface area contributed by atoms with Gasteiger partial charge in [0.25, 0.3) is 0 Å². The van der Waals surface area contributed by atoms with Crippen molar-refractivity contribution in [2.24, 2.45) is 5.92 Å². The molecule has 1 aromatic carbocycles. The predicted molar refractivity (Wildman–Crippen MR) is 85.7 cm³/mol. The van der Waals surface area contributed by atoms with E-state index in [0.717, 1.165) is 24.0 Å². The van der Waals surface area contributed by atoms with E-state index < -0.39 is 0 Å². The molecule has 0 bridgehead atoms. The minimum absolute atomic E-state index is 0.137.